The second-order valence-corrected chi connectivity index (χ2v) is 12.3. The Kier molecular flexibility index (Phi) is 11.0. The van der Waals surface area contributed by atoms with E-state index in [2.05, 4.69) is 10.6 Å². The van der Waals surface area contributed by atoms with Crippen LogP contribution in [0.15, 0.2) is 36.4 Å². The average molecular weight is 587 g/mol. The van der Waals surface area contributed by atoms with Crippen molar-refractivity contribution in [2.45, 2.75) is 98.4 Å². The fourth-order valence-corrected chi connectivity index (χ4v) is 4.57. The first-order valence-electron chi connectivity index (χ1n) is 13.6. The zero-order valence-electron chi connectivity index (χ0n) is 25.5. The van der Waals surface area contributed by atoms with Gasteiger partial charge in [0.25, 0.3) is 5.91 Å². The average Bonchev–Trinajstić information content (AvgIpc) is 2.84. The minimum absolute atomic E-state index is 0.350. The van der Waals surface area contributed by atoms with Gasteiger partial charge in [-0.2, -0.15) is 0 Å². The van der Waals surface area contributed by atoms with Gasteiger partial charge in [-0.25, -0.2) is 4.79 Å². The van der Waals surface area contributed by atoms with E-state index >= 15 is 0 Å². The summed E-state index contributed by atoms with van der Waals surface area (Å²) in [6, 6.07) is 8.27. The molecule has 0 aliphatic heterocycles. The van der Waals surface area contributed by atoms with Crippen LogP contribution in [-0.4, -0.2) is 45.9 Å². The summed E-state index contributed by atoms with van der Waals surface area (Å²) in [4.78, 5) is 54.8. The lowest BCUT2D eigenvalue weighted by molar-refractivity contribution is -0.148. The summed E-state index contributed by atoms with van der Waals surface area (Å²) in [5.74, 6) is -1.96. The highest BCUT2D eigenvalue weighted by Crippen LogP contribution is 2.35. The van der Waals surface area contributed by atoms with Gasteiger partial charge in [0, 0.05) is 5.54 Å². The van der Waals surface area contributed by atoms with Crippen LogP contribution in [0.25, 0.3) is 0 Å². The Labute approximate surface area is 248 Å². The Morgan fingerprint density at radius 2 is 1.61 bits per heavy atom. The summed E-state index contributed by atoms with van der Waals surface area (Å²) >= 11 is 6.44. The molecular weight excluding hydrogens is 544 g/mol. The summed E-state index contributed by atoms with van der Waals surface area (Å²) in [5.41, 5.74) is 7.42. The van der Waals surface area contributed by atoms with E-state index in [1.54, 1.807) is 39.0 Å². The molecule has 0 fully saturated rings. The normalized spacial score (nSPS) is 13.1. The number of anilines is 1. The first kappa shape index (κ1) is 33.6. The van der Waals surface area contributed by atoms with Crippen LogP contribution in [0.1, 0.15) is 82.7 Å². The molecule has 0 saturated carbocycles. The van der Waals surface area contributed by atoms with Crippen molar-refractivity contribution in [1.82, 2.24) is 10.2 Å². The van der Waals surface area contributed by atoms with E-state index < -0.39 is 53.5 Å². The number of para-hydroxylation sites is 1. The molecule has 2 aromatic rings. The zero-order valence-corrected chi connectivity index (χ0v) is 26.2. The molecular formula is C31H43ClN4O5. The number of carbonyl (C=O) groups is 4. The molecule has 10 heteroatoms. The monoisotopic (exact) mass is 586 g/mol. The maximum absolute atomic E-state index is 14.4. The number of nitrogens with two attached hydrogens (primary N) is 1. The molecule has 2 aromatic carbocycles. The van der Waals surface area contributed by atoms with Crippen LogP contribution in [0.5, 0.6) is 0 Å². The Morgan fingerprint density at radius 3 is 2.12 bits per heavy atom. The highest BCUT2D eigenvalue weighted by molar-refractivity contribution is 6.34. The summed E-state index contributed by atoms with van der Waals surface area (Å²) in [5, 5.41) is 5.78. The van der Waals surface area contributed by atoms with Crippen LogP contribution in [0.2, 0.25) is 5.02 Å². The lowest BCUT2D eigenvalue weighted by Gasteiger charge is -2.44. The fourth-order valence-electron chi connectivity index (χ4n) is 4.30. The minimum atomic E-state index is -1.38. The zero-order chi connectivity index (χ0) is 31.3. The van der Waals surface area contributed by atoms with E-state index in [9.17, 15) is 19.2 Å². The quantitative estimate of drug-likeness (QED) is 0.327. The van der Waals surface area contributed by atoms with Gasteiger partial charge in [0.2, 0.25) is 11.8 Å². The summed E-state index contributed by atoms with van der Waals surface area (Å²) in [6.07, 6.45) is -0.918. The number of alkyl carbamates (subject to hydrolysis) is 1. The number of primary amides is 1. The summed E-state index contributed by atoms with van der Waals surface area (Å²) in [7, 11) is 0. The molecule has 2 rings (SSSR count). The Bertz CT molecular complexity index is 1280. The summed E-state index contributed by atoms with van der Waals surface area (Å²) in [6.45, 7) is 16.3. The van der Waals surface area contributed by atoms with Crippen molar-refractivity contribution >= 4 is 41.1 Å². The second kappa shape index (κ2) is 13.4. The van der Waals surface area contributed by atoms with Gasteiger partial charge in [-0.05, 0) is 90.1 Å². The number of amides is 4. The number of hydrogen-bond donors (Lipinski definition) is 3. The molecule has 9 nitrogen and oxygen atoms in total. The molecule has 0 bridgehead atoms. The highest BCUT2D eigenvalue weighted by atomic mass is 35.5. The van der Waals surface area contributed by atoms with Crippen molar-refractivity contribution in [3.63, 3.8) is 0 Å². The molecule has 0 saturated heterocycles. The molecule has 0 aromatic heterocycles. The first-order valence-corrected chi connectivity index (χ1v) is 14.0. The molecule has 2 unspecified atom stereocenters. The molecule has 0 radical (unpaired) electrons. The van der Waals surface area contributed by atoms with Gasteiger partial charge >= 0.3 is 6.09 Å². The largest absolute Gasteiger partial charge is 0.444 e. The molecule has 0 heterocycles. The van der Waals surface area contributed by atoms with Gasteiger partial charge in [0.05, 0.1) is 17.1 Å². The van der Waals surface area contributed by atoms with Gasteiger partial charge in [-0.1, -0.05) is 48.9 Å². The number of aryl methyl sites for hydroxylation is 3. The van der Waals surface area contributed by atoms with E-state index in [0.29, 0.717) is 22.7 Å². The van der Waals surface area contributed by atoms with Crippen LogP contribution in [0, 0.1) is 20.8 Å². The minimum Gasteiger partial charge on any atom is -0.444 e. The van der Waals surface area contributed by atoms with Gasteiger partial charge < -0.3 is 26.0 Å². The predicted octanol–water partition coefficient (Wildman–Crippen LogP) is 5.73. The van der Waals surface area contributed by atoms with Gasteiger partial charge in [-0.3, -0.25) is 14.4 Å². The van der Waals surface area contributed by atoms with E-state index in [4.69, 9.17) is 22.1 Å². The molecule has 0 spiro atoms. The smallest absolute Gasteiger partial charge is 0.408 e. The van der Waals surface area contributed by atoms with Crippen LogP contribution in [0.4, 0.5) is 10.5 Å². The van der Waals surface area contributed by atoms with Crippen molar-refractivity contribution in [2.75, 3.05) is 5.32 Å². The topological polar surface area (TPSA) is 131 Å². The second-order valence-electron chi connectivity index (χ2n) is 11.9. The Morgan fingerprint density at radius 1 is 0.976 bits per heavy atom. The van der Waals surface area contributed by atoms with Crippen molar-refractivity contribution in [2.24, 2.45) is 5.73 Å². The van der Waals surface area contributed by atoms with Crippen LogP contribution >= 0.6 is 11.6 Å². The number of rotatable bonds is 10. The molecule has 4 N–H and O–H groups in total. The molecule has 4 amide bonds. The molecule has 0 aliphatic carbocycles. The lowest BCUT2D eigenvalue weighted by Crippen LogP contribution is -2.59. The lowest BCUT2D eigenvalue weighted by atomic mass is 9.90. The number of carbonyl (C=O) groups excluding carboxylic acids is 4. The molecule has 0 aliphatic rings. The van der Waals surface area contributed by atoms with Gasteiger partial charge in [0.1, 0.15) is 17.7 Å². The fraction of sp³-hybridized carbons (Fsp3) is 0.484. The predicted molar refractivity (Wildman–Crippen MR) is 162 cm³/mol. The molecule has 41 heavy (non-hydrogen) atoms. The Hall–Kier alpha value is -3.59. The highest BCUT2D eigenvalue weighted by Gasteiger charge is 2.43. The number of ether oxygens (including phenoxy) is 1. The maximum Gasteiger partial charge on any atom is 0.408 e. The van der Waals surface area contributed by atoms with E-state index in [-0.39, 0.29) is 0 Å². The van der Waals surface area contributed by atoms with Crippen molar-refractivity contribution in [3.05, 3.63) is 63.7 Å². The van der Waals surface area contributed by atoms with Crippen molar-refractivity contribution < 1.29 is 23.9 Å². The van der Waals surface area contributed by atoms with Gasteiger partial charge in [0.15, 0.2) is 0 Å². The number of nitrogens with zero attached hydrogens (tertiary/aromatic N) is 1. The third-order valence-corrected chi connectivity index (χ3v) is 7.29. The SMILES string of the molecule is CCC(C)(C)N(C(=O)C(CC(N)=O)NC(=O)OC(C)(C)C)C(C(=O)Nc1c(C)cccc1Cl)c1ccc(C)c(C)c1. The number of halogens is 1. The van der Waals surface area contributed by atoms with E-state index in [1.807, 2.05) is 59.7 Å². The molecule has 224 valence electrons. The first-order chi connectivity index (χ1) is 18.9. The summed E-state index contributed by atoms with van der Waals surface area (Å²) < 4.78 is 5.35. The van der Waals surface area contributed by atoms with Crippen LogP contribution < -0.4 is 16.4 Å². The third-order valence-electron chi connectivity index (χ3n) is 6.97. The standard InChI is InChI=1S/C31H43ClN4O5/c1-10-31(8,9)36(28(39)23(17-24(33)37)34-29(40)41-30(5,6)7)26(21-15-14-18(2)20(4)16-21)27(38)35-25-19(3)12-11-13-22(25)32/h11-16,23,26H,10,17H2,1-9H3,(H2,33,37)(H,34,40)(H,35,38). The van der Waals surface area contributed by atoms with E-state index in [1.165, 1.54) is 4.90 Å². The third kappa shape index (κ3) is 8.95. The van der Waals surface area contributed by atoms with Crippen molar-refractivity contribution in [1.29, 1.82) is 0 Å². The van der Waals surface area contributed by atoms with E-state index in [0.717, 1.165) is 16.7 Å². The number of benzene rings is 2. The number of hydrogen-bond acceptors (Lipinski definition) is 5. The van der Waals surface area contributed by atoms with Gasteiger partial charge in [-0.15, -0.1) is 0 Å². The number of nitrogens with one attached hydrogen (secondary N) is 2. The molecule has 2 atom stereocenters. The van der Waals surface area contributed by atoms with Crippen LogP contribution in [0.3, 0.4) is 0 Å². The maximum atomic E-state index is 14.4. The van der Waals surface area contributed by atoms with Crippen LogP contribution in [-0.2, 0) is 19.1 Å². The Balaban J connectivity index is 2.73. The van der Waals surface area contributed by atoms with Crippen molar-refractivity contribution in [3.8, 4) is 0 Å².